The Morgan fingerprint density at radius 2 is 1.82 bits per heavy atom. The molecule has 6 rings (SSSR count). The Labute approximate surface area is 254 Å². The lowest BCUT2D eigenvalue weighted by Gasteiger charge is -2.21. The number of aromatic nitrogens is 3. The van der Waals surface area contributed by atoms with Gasteiger partial charge in [0, 0.05) is 35.7 Å². The fraction of sp³-hybridized carbons (Fsp3) is 0.219. The molecule has 0 bridgehead atoms. The lowest BCUT2D eigenvalue weighted by atomic mass is 10.0. The van der Waals surface area contributed by atoms with E-state index in [4.69, 9.17) is 25.8 Å². The molecule has 2 aromatic heterocycles. The number of ether oxygens (including phenoxy) is 3. The number of rotatable bonds is 9. The van der Waals surface area contributed by atoms with Gasteiger partial charge < -0.3 is 23.9 Å². The summed E-state index contributed by atoms with van der Waals surface area (Å²) < 4.78 is 63.8. The molecule has 0 aliphatic carbocycles. The van der Waals surface area contributed by atoms with Gasteiger partial charge in [0.2, 0.25) is 5.88 Å². The first-order valence-electron chi connectivity index (χ1n) is 13.6. The van der Waals surface area contributed by atoms with E-state index in [2.05, 4.69) is 9.97 Å². The summed E-state index contributed by atoms with van der Waals surface area (Å²) in [6, 6.07) is 15.1. The number of pyridine rings is 1. The molecular weight excluding hydrogens is 599 g/mol. The Hall–Kier alpha value is -4.45. The average molecular weight is 624 g/mol. The van der Waals surface area contributed by atoms with Crippen LogP contribution in [-0.4, -0.2) is 52.0 Å². The number of halogens is 4. The molecule has 1 aliphatic heterocycles. The number of aromatic carboxylic acids is 1. The summed E-state index contributed by atoms with van der Waals surface area (Å²) in [5.74, 6) is -2.55. The van der Waals surface area contributed by atoms with Crippen molar-refractivity contribution in [3.05, 3.63) is 112 Å². The Morgan fingerprint density at radius 1 is 1.00 bits per heavy atom. The first-order valence-corrected chi connectivity index (χ1v) is 14.0. The highest BCUT2D eigenvalue weighted by atomic mass is 35.5. The molecule has 1 N–H and O–H groups in total. The monoisotopic (exact) mass is 623 g/mol. The molecule has 0 unspecified atom stereocenters. The first-order chi connectivity index (χ1) is 21.2. The van der Waals surface area contributed by atoms with Gasteiger partial charge in [0.1, 0.15) is 36.0 Å². The Bertz CT molecular complexity index is 1880. The number of nitrogens with zero attached hydrogens (tertiary/aromatic N) is 3. The second-order valence-corrected chi connectivity index (χ2v) is 10.7. The van der Waals surface area contributed by atoms with Crippen molar-refractivity contribution in [3.63, 3.8) is 0 Å². The third-order valence-electron chi connectivity index (χ3n) is 7.52. The molecule has 2 atom stereocenters. The van der Waals surface area contributed by atoms with Crippen LogP contribution in [-0.2, 0) is 22.5 Å². The molecule has 3 heterocycles. The van der Waals surface area contributed by atoms with Crippen LogP contribution in [0.2, 0.25) is 5.02 Å². The molecule has 8 nitrogen and oxygen atoms in total. The molecule has 5 aromatic rings. The molecule has 12 heteroatoms. The fourth-order valence-corrected chi connectivity index (χ4v) is 5.44. The van der Waals surface area contributed by atoms with Gasteiger partial charge in [-0.15, -0.1) is 0 Å². The van der Waals surface area contributed by atoms with E-state index < -0.39 is 23.4 Å². The van der Waals surface area contributed by atoms with Crippen LogP contribution in [0.15, 0.2) is 66.7 Å². The van der Waals surface area contributed by atoms with Crippen molar-refractivity contribution in [1.82, 2.24) is 14.5 Å². The van der Waals surface area contributed by atoms with Gasteiger partial charge in [0.15, 0.2) is 0 Å². The Morgan fingerprint density at radius 3 is 2.59 bits per heavy atom. The zero-order valence-electron chi connectivity index (χ0n) is 23.3. The Balaban J connectivity index is 1.30. The topological polar surface area (TPSA) is 95.7 Å². The second kappa shape index (κ2) is 12.3. The largest absolute Gasteiger partial charge is 0.478 e. The highest BCUT2D eigenvalue weighted by molar-refractivity contribution is 6.30. The van der Waals surface area contributed by atoms with Crippen LogP contribution in [0.4, 0.5) is 13.2 Å². The Kier molecular flexibility index (Phi) is 8.26. The smallest absolute Gasteiger partial charge is 0.335 e. The SMILES string of the molecule is CO[C@H]1COC[C@H]1n1c(Cc2cc(F)c(-c3cccc(OCc4ccc(Cl)cc4F)n3)cc2F)nc2ccc(C(=O)O)cc21. The minimum Gasteiger partial charge on any atom is -0.478 e. The summed E-state index contributed by atoms with van der Waals surface area (Å²) in [5.41, 5.74) is 1.43. The highest BCUT2D eigenvalue weighted by Gasteiger charge is 2.33. The maximum absolute atomic E-state index is 15.6. The zero-order valence-corrected chi connectivity index (χ0v) is 24.0. The van der Waals surface area contributed by atoms with Crippen LogP contribution in [0.5, 0.6) is 5.88 Å². The van der Waals surface area contributed by atoms with E-state index in [1.54, 1.807) is 23.8 Å². The van der Waals surface area contributed by atoms with Crippen LogP contribution in [0.1, 0.15) is 33.4 Å². The summed E-state index contributed by atoms with van der Waals surface area (Å²) >= 11 is 5.80. The van der Waals surface area contributed by atoms with Crippen molar-refractivity contribution < 1.29 is 37.3 Å². The van der Waals surface area contributed by atoms with Crippen LogP contribution in [0.25, 0.3) is 22.3 Å². The lowest BCUT2D eigenvalue weighted by Crippen LogP contribution is -2.26. The first kappa shape index (κ1) is 29.6. The predicted molar refractivity (Wildman–Crippen MR) is 155 cm³/mol. The molecular formula is C32H25ClF3N3O5. The van der Waals surface area contributed by atoms with E-state index in [-0.39, 0.29) is 70.6 Å². The van der Waals surface area contributed by atoms with Gasteiger partial charge in [-0.05, 0) is 54.1 Å². The number of carboxylic acid groups (broad SMARTS) is 1. The van der Waals surface area contributed by atoms with E-state index in [1.807, 2.05) is 0 Å². The third-order valence-corrected chi connectivity index (χ3v) is 7.75. The van der Waals surface area contributed by atoms with Gasteiger partial charge >= 0.3 is 5.97 Å². The zero-order chi connectivity index (χ0) is 31.0. The van der Waals surface area contributed by atoms with Gasteiger partial charge in [-0.1, -0.05) is 23.7 Å². The van der Waals surface area contributed by atoms with E-state index in [1.165, 1.54) is 42.5 Å². The van der Waals surface area contributed by atoms with Crippen molar-refractivity contribution >= 4 is 28.6 Å². The van der Waals surface area contributed by atoms with E-state index in [9.17, 15) is 14.3 Å². The van der Waals surface area contributed by atoms with Crippen molar-refractivity contribution in [2.24, 2.45) is 0 Å². The van der Waals surface area contributed by atoms with Gasteiger partial charge in [-0.2, -0.15) is 0 Å². The van der Waals surface area contributed by atoms with E-state index >= 15 is 8.78 Å². The minimum absolute atomic E-state index is 0.0414. The number of benzene rings is 3. The number of carbonyl (C=O) groups is 1. The normalized spacial score (nSPS) is 16.5. The van der Waals surface area contributed by atoms with Crippen molar-refractivity contribution in [3.8, 4) is 17.1 Å². The predicted octanol–water partition coefficient (Wildman–Crippen LogP) is 6.62. The number of imidazole rings is 1. The summed E-state index contributed by atoms with van der Waals surface area (Å²) in [7, 11) is 1.55. The number of carboxylic acids is 1. The summed E-state index contributed by atoms with van der Waals surface area (Å²) in [5, 5.41) is 9.80. The molecule has 0 spiro atoms. The molecule has 1 saturated heterocycles. The van der Waals surface area contributed by atoms with Crippen molar-refractivity contribution in [2.75, 3.05) is 20.3 Å². The highest BCUT2D eigenvalue weighted by Crippen LogP contribution is 2.32. The fourth-order valence-electron chi connectivity index (χ4n) is 5.29. The number of hydrogen-bond donors (Lipinski definition) is 1. The van der Waals surface area contributed by atoms with Gasteiger partial charge in [0.25, 0.3) is 0 Å². The van der Waals surface area contributed by atoms with Crippen LogP contribution in [0.3, 0.4) is 0 Å². The van der Waals surface area contributed by atoms with Gasteiger partial charge in [0.05, 0.1) is 41.5 Å². The molecule has 0 amide bonds. The molecule has 1 fully saturated rings. The van der Waals surface area contributed by atoms with Gasteiger partial charge in [-0.3, -0.25) is 0 Å². The van der Waals surface area contributed by atoms with E-state index in [0.29, 0.717) is 23.5 Å². The maximum Gasteiger partial charge on any atom is 0.335 e. The van der Waals surface area contributed by atoms with Gasteiger partial charge in [-0.25, -0.2) is 27.9 Å². The number of methoxy groups -OCH3 is 1. The third kappa shape index (κ3) is 5.86. The molecule has 0 radical (unpaired) electrons. The maximum atomic E-state index is 15.6. The average Bonchev–Trinajstić information content (AvgIpc) is 3.61. The number of hydrogen-bond acceptors (Lipinski definition) is 6. The summed E-state index contributed by atoms with van der Waals surface area (Å²) in [4.78, 5) is 20.6. The van der Waals surface area contributed by atoms with Crippen LogP contribution < -0.4 is 4.74 Å². The van der Waals surface area contributed by atoms with Crippen molar-refractivity contribution in [1.29, 1.82) is 0 Å². The van der Waals surface area contributed by atoms with Crippen LogP contribution in [0, 0.1) is 17.5 Å². The second-order valence-electron chi connectivity index (χ2n) is 10.3. The molecule has 0 saturated carbocycles. The minimum atomic E-state index is -1.10. The quantitative estimate of drug-likeness (QED) is 0.197. The molecule has 1 aliphatic rings. The standard InChI is InChI=1S/C32H25ClF3N3O5/c1-42-29-16-43-15-28(29)39-27-10-17(32(40)41)6-8-26(27)37-30(39)11-19-9-24(36)21(13-23(19)35)25-3-2-4-31(38-25)44-14-18-5-7-20(33)12-22(18)34/h2-10,12-13,28-29H,11,14-16H2,1H3,(H,40,41)/t28-,29+/m1/s1. The van der Waals surface area contributed by atoms with Crippen LogP contribution >= 0.6 is 11.6 Å². The molecule has 44 heavy (non-hydrogen) atoms. The molecule has 226 valence electrons. The van der Waals surface area contributed by atoms with E-state index in [0.717, 1.165) is 12.1 Å². The van der Waals surface area contributed by atoms with Crippen molar-refractivity contribution in [2.45, 2.75) is 25.2 Å². The summed E-state index contributed by atoms with van der Waals surface area (Å²) in [6.45, 7) is 0.458. The number of fused-ring (bicyclic) bond motifs is 1. The lowest BCUT2D eigenvalue weighted by molar-refractivity contribution is 0.0687. The summed E-state index contributed by atoms with van der Waals surface area (Å²) in [6.07, 6.45) is -0.434. The molecule has 3 aromatic carbocycles.